The first kappa shape index (κ1) is 8.28. The summed E-state index contributed by atoms with van der Waals surface area (Å²) in [5, 5.41) is 7.43. The van der Waals surface area contributed by atoms with E-state index in [0.29, 0.717) is 5.69 Å². The highest BCUT2D eigenvalue weighted by molar-refractivity contribution is 5.43. The van der Waals surface area contributed by atoms with Gasteiger partial charge in [-0.15, -0.1) is 0 Å². The van der Waals surface area contributed by atoms with Crippen LogP contribution in [0.4, 0.5) is 5.69 Å². The Kier molecular flexibility index (Phi) is 2.12. The topological polar surface area (TPSA) is 79.5 Å². The minimum atomic E-state index is 0.580. The summed E-state index contributed by atoms with van der Waals surface area (Å²) in [4.78, 5) is 6.52. The number of benzene rings is 1. The van der Waals surface area contributed by atoms with Crippen LogP contribution >= 0.6 is 0 Å². The summed E-state index contributed by atoms with van der Waals surface area (Å²) >= 11 is 0. The van der Waals surface area contributed by atoms with Gasteiger partial charge in [0.1, 0.15) is 12.7 Å². The van der Waals surface area contributed by atoms with E-state index < -0.39 is 0 Å². The monoisotopic (exact) mass is 186 g/mol. The average molecular weight is 186 g/mol. The zero-order valence-electron chi connectivity index (χ0n) is 7.15. The molecule has 0 aliphatic rings. The largest absolute Gasteiger partial charge is 0.223 e. The van der Waals surface area contributed by atoms with Crippen molar-refractivity contribution in [3.63, 3.8) is 0 Å². The van der Waals surface area contributed by atoms with E-state index in [1.165, 1.54) is 6.33 Å². The fourth-order valence-electron chi connectivity index (χ4n) is 1.07. The van der Waals surface area contributed by atoms with Crippen LogP contribution in [0.1, 0.15) is 0 Å². The van der Waals surface area contributed by atoms with Crippen LogP contribution in [0.3, 0.4) is 0 Å². The molecule has 14 heavy (non-hydrogen) atoms. The fourth-order valence-corrected chi connectivity index (χ4v) is 1.07. The molecule has 0 saturated heterocycles. The predicted octanol–water partition coefficient (Wildman–Crippen LogP) is 2.21. The van der Waals surface area contributed by atoms with Crippen molar-refractivity contribution in [1.29, 1.82) is 0 Å². The van der Waals surface area contributed by atoms with Gasteiger partial charge in [-0.2, -0.15) is 5.10 Å². The van der Waals surface area contributed by atoms with Crippen molar-refractivity contribution in [1.82, 2.24) is 14.8 Å². The van der Waals surface area contributed by atoms with Crippen LogP contribution in [0.2, 0.25) is 0 Å². The highest BCUT2D eigenvalue weighted by Gasteiger charge is 1.95. The quantitative estimate of drug-likeness (QED) is 0.409. The molecule has 6 heteroatoms. The van der Waals surface area contributed by atoms with Gasteiger partial charge in [0.05, 0.1) is 5.69 Å². The first-order valence-electron chi connectivity index (χ1n) is 3.90. The zero-order valence-corrected chi connectivity index (χ0v) is 7.15. The lowest BCUT2D eigenvalue weighted by molar-refractivity contribution is 0.879. The van der Waals surface area contributed by atoms with Crippen LogP contribution in [0.5, 0.6) is 0 Å². The minimum Gasteiger partial charge on any atom is -0.223 e. The van der Waals surface area contributed by atoms with Gasteiger partial charge in [-0.05, 0) is 17.7 Å². The van der Waals surface area contributed by atoms with Crippen LogP contribution in [0.25, 0.3) is 16.1 Å². The van der Waals surface area contributed by atoms with E-state index >= 15 is 0 Å². The van der Waals surface area contributed by atoms with Crippen molar-refractivity contribution in [2.24, 2.45) is 5.11 Å². The maximum absolute atomic E-state index is 8.20. The summed E-state index contributed by atoms with van der Waals surface area (Å²) < 4.78 is 1.62. The third-order valence-electron chi connectivity index (χ3n) is 1.69. The van der Waals surface area contributed by atoms with Crippen molar-refractivity contribution in [2.45, 2.75) is 0 Å². The molecule has 0 aliphatic heterocycles. The Bertz CT molecular complexity index is 451. The van der Waals surface area contributed by atoms with Gasteiger partial charge in [0.25, 0.3) is 0 Å². The molecule has 1 heterocycles. The molecule has 2 aromatic rings. The van der Waals surface area contributed by atoms with Gasteiger partial charge in [0.2, 0.25) is 0 Å². The summed E-state index contributed by atoms with van der Waals surface area (Å²) in [6, 6.07) is 7.05. The molecule has 0 fully saturated rings. The van der Waals surface area contributed by atoms with Gasteiger partial charge in [0, 0.05) is 10.6 Å². The van der Waals surface area contributed by atoms with Gasteiger partial charge in [-0.25, -0.2) is 9.67 Å². The molecule has 0 saturated carbocycles. The molecule has 2 rings (SSSR count). The molecule has 0 N–H and O–H groups in total. The van der Waals surface area contributed by atoms with Gasteiger partial charge in [0.15, 0.2) is 0 Å². The van der Waals surface area contributed by atoms with Crippen molar-refractivity contribution >= 4 is 5.69 Å². The van der Waals surface area contributed by atoms with Crippen LogP contribution in [-0.4, -0.2) is 14.8 Å². The summed E-state index contributed by atoms with van der Waals surface area (Å²) in [5.41, 5.74) is 9.66. The van der Waals surface area contributed by atoms with Crippen molar-refractivity contribution in [2.75, 3.05) is 0 Å². The van der Waals surface area contributed by atoms with Crippen LogP contribution in [-0.2, 0) is 0 Å². The highest BCUT2D eigenvalue weighted by atomic mass is 15.3. The van der Waals surface area contributed by atoms with E-state index in [1.807, 2.05) is 0 Å². The Morgan fingerprint density at radius 2 is 2.07 bits per heavy atom. The lowest BCUT2D eigenvalue weighted by Gasteiger charge is -1.99. The maximum Gasteiger partial charge on any atom is 0.138 e. The normalized spacial score (nSPS) is 9.43. The molecule has 0 unspecified atom stereocenters. The Hall–Kier alpha value is -2.33. The third-order valence-corrected chi connectivity index (χ3v) is 1.69. The van der Waals surface area contributed by atoms with Gasteiger partial charge >= 0.3 is 0 Å². The van der Waals surface area contributed by atoms with Crippen molar-refractivity contribution in [3.05, 3.63) is 47.4 Å². The smallest absolute Gasteiger partial charge is 0.138 e. The van der Waals surface area contributed by atoms with Gasteiger partial charge in [-0.1, -0.05) is 17.2 Å². The van der Waals surface area contributed by atoms with E-state index in [4.69, 9.17) is 5.53 Å². The van der Waals surface area contributed by atoms with E-state index in [-0.39, 0.29) is 0 Å². The molecule has 68 valence electrons. The number of rotatable bonds is 2. The Morgan fingerprint density at radius 1 is 1.29 bits per heavy atom. The number of hydrogen-bond acceptors (Lipinski definition) is 3. The SMILES string of the molecule is [N-]=[N+]=Nc1ccc(-n2cncn2)cc1. The third kappa shape index (κ3) is 1.55. The first-order chi connectivity index (χ1) is 6.90. The molecule has 0 amide bonds. The van der Waals surface area contributed by atoms with E-state index in [1.54, 1.807) is 35.3 Å². The number of hydrogen-bond donors (Lipinski definition) is 0. The predicted molar refractivity (Wildman–Crippen MR) is 50.2 cm³/mol. The molecule has 0 bridgehead atoms. The summed E-state index contributed by atoms with van der Waals surface area (Å²) in [5.74, 6) is 0. The molecule has 6 nitrogen and oxygen atoms in total. The Labute approximate surface area is 79.4 Å². The van der Waals surface area contributed by atoms with Gasteiger partial charge < -0.3 is 0 Å². The highest BCUT2D eigenvalue weighted by Crippen LogP contribution is 2.14. The summed E-state index contributed by atoms with van der Waals surface area (Å²) in [7, 11) is 0. The van der Waals surface area contributed by atoms with Crippen molar-refractivity contribution < 1.29 is 0 Å². The standard InChI is InChI=1S/C8H6N6/c9-13-12-7-1-3-8(4-2-7)14-6-10-5-11-14/h1-6H. The Morgan fingerprint density at radius 3 is 2.64 bits per heavy atom. The van der Waals surface area contributed by atoms with Crippen LogP contribution in [0.15, 0.2) is 42.0 Å². The molecule has 1 aromatic carbocycles. The van der Waals surface area contributed by atoms with E-state index in [2.05, 4.69) is 20.1 Å². The second kappa shape index (κ2) is 3.59. The Balaban J connectivity index is 2.35. The second-order valence-corrected chi connectivity index (χ2v) is 2.55. The van der Waals surface area contributed by atoms with Crippen LogP contribution in [0, 0.1) is 0 Å². The van der Waals surface area contributed by atoms with E-state index in [0.717, 1.165) is 5.69 Å². The van der Waals surface area contributed by atoms with Crippen molar-refractivity contribution in [3.8, 4) is 5.69 Å². The summed E-state index contributed by atoms with van der Waals surface area (Å²) in [6.45, 7) is 0. The molecule has 0 radical (unpaired) electrons. The average Bonchev–Trinajstić information content (AvgIpc) is 2.72. The fraction of sp³-hybridized carbons (Fsp3) is 0. The lowest BCUT2D eigenvalue weighted by Crippen LogP contribution is -1.92. The molecule has 0 aliphatic carbocycles. The lowest BCUT2D eigenvalue weighted by atomic mass is 10.3. The maximum atomic E-state index is 8.20. The molecule has 0 atom stereocenters. The van der Waals surface area contributed by atoms with E-state index in [9.17, 15) is 0 Å². The van der Waals surface area contributed by atoms with Crippen LogP contribution < -0.4 is 0 Å². The van der Waals surface area contributed by atoms with Gasteiger partial charge in [-0.3, -0.25) is 0 Å². The molecule has 0 spiro atoms. The molecular weight excluding hydrogens is 180 g/mol. The second-order valence-electron chi connectivity index (χ2n) is 2.55. The molecular formula is C8H6N6. The first-order valence-corrected chi connectivity index (χ1v) is 3.90. The number of aromatic nitrogens is 3. The minimum absolute atomic E-state index is 0.580. The zero-order chi connectivity index (χ0) is 9.80. The number of nitrogens with zero attached hydrogens (tertiary/aromatic N) is 6. The molecule has 1 aromatic heterocycles. The number of azide groups is 1. The summed E-state index contributed by atoms with van der Waals surface area (Å²) in [6.07, 6.45) is 3.06.